The molecule has 0 saturated carbocycles. The Kier molecular flexibility index (Phi) is 12.1. The zero-order chi connectivity index (χ0) is 46.6. The zero-order valence-corrected chi connectivity index (χ0v) is 37.6. The lowest BCUT2D eigenvalue weighted by atomic mass is 9.88. The van der Waals surface area contributed by atoms with E-state index in [9.17, 15) is 32.0 Å². The fraction of sp³-hybridized carbons (Fsp3) is 0.408. The number of carbonyl (C=O) groups is 4. The SMILES string of the molecule is O=C1CCC(N2Cc3cc(N4CCC(CCN5CCC(c6ccc(-c7cnc8[nH]cc(C(=O)c9c(F)ccc(NS(=O)(=O)N%10CC[C@@H](F)C%10)c9F)c8c7)cc6)CC5)CC4)ccc3C2=O)C(=O)N1. The number of halogens is 3. The molecule has 14 nitrogen and oxygen atoms in total. The van der Waals surface area contributed by atoms with Gasteiger partial charge in [0.25, 0.3) is 5.91 Å². The van der Waals surface area contributed by atoms with Crippen molar-refractivity contribution in [2.75, 3.05) is 55.4 Å². The summed E-state index contributed by atoms with van der Waals surface area (Å²) in [4.78, 5) is 65.0. The van der Waals surface area contributed by atoms with E-state index in [0.717, 1.165) is 98.1 Å². The summed E-state index contributed by atoms with van der Waals surface area (Å²) in [5, 5.41) is 2.71. The van der Waals surface area contributed by atoms with Gasteiger partial charge in [-0.05, 0) is 130 Å². The largest absolute Gasteiger partial charge is 0.372 e. The molecule has 18 heteroatoms. The van der Waals surface area contributed by atoms with Crippen LogP contribution in [0, 0.1) is 17.6 Å². The molecule has 4 saturated heterocycles. The van der Waals surface area contributed by atoms with Crippen LogP contribution in [0.1, 0.15) is 94.7 Å². The molecule has 350 valence electrons. The molecule has 67 heavy (non-hydrogen) atoms. The average molecular weight is 937 g/mol. The second-order valence-corrected chi connectivity index (χ2v) is 20.2. The maximum atomic E-state index is 15.8. The number of nitrogens with one attached hydrogen (secondary N) is 3. The fourth-order valence-corrected chi connectivity index (χ4v) is 11.7. The summed E-state index contributed by atoms with van der Waals surface area (Å²) in [6, 6.07) is 17.1. The standard InChI is InChI=1S/C49H51F3N8O6S/c50-35-16-22-59(28-35)67(65,66)56-41-8-7-40(51)44(45(41)52)46(62)39-26-54-47-38(39)24-33(25-53-47)31-3-1-30(2-4-31)32-14-18-57(19-15-32)17-11-29-12-20-58(21-13-29)36-5-6-37-34(23-36)27-60(49(37)64)42-9-10-43(61)55-48(42)63/h1-8,23-26,29,32,35,42,56H,9-22,27-28H2,(H,53,54)(H,55,61,63)/t35-,42?/m1/s1. The van der Waals surface area contributed by atoms with E-state index in [1.807, 2.05) is 29.0 Å². The Morgan fingerprint density at radius 3 is 2.37 bits per heavy atom. The van der Waals surface area contributed by atoms with Gasteiger partial charge in [0.05, 0.1) is 11.3 Å². The van der Waals surface area contributed by atoms with E-state index >= 15 is 8.78 Å². The number of amides is 3. The molecule has 5 aliphatic rings. The molecule has 2 aromatic heterocycles. The van der Waals surface area contributed by atoms with E-state index in [0.29, 0.717) is 47.0 Å². The van der Waals surface area contributed by atoms with Gasteiger partial charge in [-0.15, -0.1) is 0 Å². The highest BCUT2D eigenvalue weighted by Crippen LogP contribution is 2.35. The minimum atomic E-state index is -4.35. The number of pyridine rings is 1. The summed E-state index contributed by atoms with van der Waals surface area (Å²) in [5.74, 6) is -3.31. The number of benzene rings is 3. The van der Waals surface area contributed by atoms with Gasteiger partial charge in [-0.25, -0.2) is 18.2 Å². The number of aromatic nitrogens is 2. The number of aromatic amines is 1. The minimum Gasteiger partial charge on any atom is -0.372 e. The number of hydrogen-bond donors (Lipinski definition) is 3. The van der Waals surface area contributed by atoms with Crippen LogP contribution in [0.15, 0.2) is 73.1 Å². The quantitative estimate of drug-likeness (QED) is 0.0913. The molecule has 2 atom stereocenters. The molecule has 1 unspecified atom stereocenters. The van der Waals surface area contributed by atoms with Crippen molar-refractivity contribution in [3.05, 3.63) is 113 Å². The summed E-state index contributed by atoms with van der Waals surface area (Å²) in [6.07, 6.45) is 7.69. The molecule has 0 spiro atoms. The number of carbonyl (C=O) groups excluding carboxylic acids is 4. The van der Waals surface area contributed by atoms with Gasteiger partial charge in [0, 0.05) is 79.3 Å². The maximum absolute atomic E-state index is 15.8. The Morgan fingerprint density at radius 1 is 0.866 bits per heavy atom. The molecule has 3 amide bonds. The smallest absolute Gasteiger partial charge is 0.301 e. The van der Waals surface area contributed by atoms with Crippen LogP contribution in [0.3, 0.4) is 0 Å². The van der Waals surface area contributed by atoms with Crippen LogP contribution in [0.5, 0.6) is 0 Å². The highest BCUT2D eigenvalue weighted by atomic mass is 32.2. The summed E-state index contributed by atoms with van der Waals surface area (Å²) < 4.78 is 73.1. The number of alkyl halides is 1. The van der Waals surface area contributed by atoms with Crippen molar-refractivity contribution in [3.8, 4) is 11.1 Å². The van der Waals surface area contributed by atoms with Gasteiger partial charge in [0.2, 0.25) is 17.6 Å². The third kappa shape index (κ3) is 8.93. The van der Waals surface area contributed by atoms with Gasteiger partial charge in [0.15, 0.2) is 5.82 Å². The number of hydrogen-bond acceptors (Lipinski definition) is 9. The molecule has 7 heterocycles. The highest BCUT2D eigenvalue weighted by molar-refractivity contribution is 7.90. The number of anilines is 2. The lowest BCUT2D eigenvalue weighted by Crippen LogP contribution is -2.52. The number of ketones is 1. The van der Waals surface area contributed by atoms with Crippen molar-refractivity contribution in [2.45, 2.75) is 76.0 Å². The van der Waals surface area contributed by atoms with Crippen molar-refractivity contribution in [1.82, 2.24) is 29.4 Å². The van der Waals surface area contributed by atoms with Crippen LogP contribution in [0.4, 0.5) is 24.5 Å². The second-order valence-electron chi connectivity index (χ2n) is 18.5. The normalized spacial score (nSPS) is 21.3. The van der Waals surface area contributed by atoms with Gasteiger partial charge in [0.1, 0.15) is 23.7 Å². The van der Waals surface area contributed by atoms with Crippen molar-refractivity contribution in [2.24, 2.45) is 5.92 Å². The van der Waals surface area contributed by atoms with Crippen molar-refractivity contribution in [3.63, 3.8) is 0 Å². The van der Waals surface area contributed by atoms with Gasteiger partial charge >= 0.3 is 10.2 Å². The average Bonchev–Trinajstić information content (AvgIpc) is 4.06. The maximum Gasteiger partial charge on any atom is 0.301 e. The summed E-state index contributed by atoms with van der Waals surface area (Å²) >= 11 is 0. The van der Waals surface area contributed by atoms with E-state index < -0.39 is 57.0 Å². The van der Waals surface area contributed by atoms with Crippen LogP contribution in [-0.4, -0.2) is 114 Å². The second kappa shape index (κ2) is 18.2. The van der Waals surface area contributed by atoms with Crippen LogP contribution in [0.25, 0.3) is 22.2 Å². The van der Waals surface area contributed by atoms with Crippen LogP contribution in [-0.2, 0) is 26.3 Å². The van der Waals surface area contributed by atoms with E-state index in [-0.39, 0.29) is 43.3 Å². The van der Waals surface area contributed by atoms with Crippen molar-refractivity contribution in [1.29, 1.82) is 0 Å². The van der Waals surface area contributed by atoms with Gasteiger partial charge < -0.3 is 19.7 Å². The van der Waals surface area contributed by atoms with Crippen LogP contribution in [0.2, 0.25) is 0 Å². The summed E-state index contributed by atoms with van der Waals surface area (Å²) in [7, 11) is -4.35. The molecule has 5 aromatic rings. The van der Waals surface area contributed by atoms with Gasteiger partial charge in [-0.2, -0.15) is 12.7 Å². The number of fused-ring (bicyclic) bond motifs is 2. The number of imide groups is 1. The first-order chi connectivity index (χ1) is 32.3. The predicted molar refractivity (Wildman–Crippen MR) is 245 cm³/mol. The number of H-pyrrole nitrogens is 1. The molecule has 3 aromatic carbocycles. The first-order valence-electron chi connectivity index (χ1n) is 23.1. The molecule has 0 bridgehead atoms. The lowest BCUT2D eigenvalue weighted by molar-refractivity contribution is -0.136. The predicted octanol–water partition coefficient (Wildman–Crippen LogP) is 6.69. The summed E-state index contributed by atoms with van der Waals surface area (Å²) in [5.41, 5.74) is 4.22. The first-order valence-corrected chi connectivity index (χ1v) is 24.5. The first kappa shape index (κ1) is 44.7. The molecule has 0 radical (unpaired) electrons. The number of nitrogens with zero attached hydrogens (tertiary/aromatic N) is 5. The monoisotopic (exact) mass is 936 g/mol. The van der Waals surface area contributed by atoms with E-state index in [1.54, 1.807) is 17.2 Å². The minimum absolute atomic E-state index is 0.00660. The molecular formula is C49H51F3N8O6S. The van der Waals surface area contributed by atoms with E-state index in [2.05, 4.69) is 43.3 Å². The lowest BCUT2D eigenvalue weighted by Gasteiger charge is -2.36. The number of likely N-dealkylation sites (tertiary alicyclic amines) is 1. The van der Waals surface area contributed by atoms with Gasteiger partial charge in [-0.3, -0.25) is 29.2 Å². The topological polar surface area (TPSA) is 168 Å². The number of piperidine rings is 3. The fourth-order valence-electron chi connectivity index (χ4n) is 10.5. The third-order valence-corrected chi connectivity index (χ3v) is 15.9. The van der Waals surface area contributed by atoms with E-state index in [1.165, 1.54) is 11.8 Å². The molecule has 5 aliphatic heterocycles. The molecule has 3 N–H and O–H groups in total. The molecular weight excluding hydrogens is 886 g/mol. The van der Waals surface area contributed by atoms with Crippen molar-refractivity contribution >= 4 is 56.1 Å². The Balaban J connectivity index is 0.711. The Morgan fingerprint density at radius 2 is 1.64 bits per heavy atom. The highest BCUT2D eigenvalue weighted by Gasteiger charge is 2.40. The molecule has 0 aliphatic carbocycles. The third-order valence-electron chi connectivity index (χ3n) is 14.4. The Bertz CT molecular complexity index is 2880. The van der Waals surface area contributed by atoms with Crippen LogP contribution < -0.4 is 14.9 Å². The van der Waals surface area contributed by atoms with Crippen LogP contribution >= 0.6 is 0 Å². The Hall–Kier alpha value is -6.11. The van der Waals surface area contributed by atoms with Crippen molar-refractivity contribution < 1.29 is 40.8 Å². The molecule has 10 rings (SSSR count). The zero-order valence-electron chi connectivity index (χ0n) is 36.8. The Labute approximate surface area is 386 Å². The van der Waals surface area contributed by atoms with E-state index in [4.69, 9.17) is 0 Å². The van der Waals surface area contributed by atoms with Gasteiger partial charge in [-0.1, -0.05) is 24.3 Å². The summed E-state index contributed by atoms with van der Waals surface area (Å²) in [6.45, 7) is 4.91. The molecule has 4 fully saturated rings. The number of rotatable bonds is 12.